The second-order valence-electron chi connectivity index (χ2n) is 6.18. The van der Waals surface area contributed by atoms with E-state index in [0.29, 0.717) is 0 Å². The molecule has 1 aliphatic heterocycles. The number of imidazole rings is 1. The number of nitrogens with two attached hydrogens (primary N) is 1. The van der Waals surface area contributed by atoms with Crippen LogP contribution in [0.2, 0.25) is 0 Å². The fourth-order valence-corrected chi connectivity index (χ4v) is 3.48. The number of phosphoric ester groups is 1. The van der Waals surface area contributed by atoms with Crippen LogP contribution in [-0.4, -0.2) is 77.2 Å². The van der Waals surface area contributed by atoms with Crippen LogP contribution in [0.25, 0.3) is 11.2 Å². The van der Waals surface area contributed by atoms with E-state index >= 15 is 0 Å². The van der Waals surface area contributed by atoms with Crippen LogP contribution in [0.5, 0.6) is 0 Å². The highest BCUT2D eigenvalue weighted by molar-refractivity contribution is 7.48. The van der Waals surface area contributed by atoms with Gasteiger partial charge in [-0.15, -0.1) is 0 Å². The van der Waals surface area contributed by atoms with Crippen LogP contribution in [0.15, 0.2) is 12.7 Å². The van der Waals surface area contributed by atoms with E-state index < -0.39 is 44.9 Å². The Morgan fingerprint density at radius 1 is 1.31 bits per heavy atom. The maximum absolute atomic E-state index is 11.8. The van der Waals surface area contributed by atoms with Crippen molar-refractivity contribution in [1.82, 2.24) is 19.5 Å². The minimum Gasteiger partial charge on any atom is -0.396 e. The van der Waals surface area contributed by atoms with Crippen molar-refractivity contribution in [2.75, 3.05) is 18.9 Å². The highest BCUT2D eigenvalue weighted by Crippen LogP contribution is 2.45. The van der Waals surface area contributed by atoms with Gasteiger partial charge in [0.2, 0.25) is 0 Å². The van der Waals surface area contributed by atoms with Crippen molar-refractivity contribution < 1.29 is 43.4 Å². The molecule has 2 aromatic heterocycles. The Bertz CT molecular complexity index is 924. The van der Waals surface area contributed by atoms with E-state index in [4.69, 9.17) is 20.1 Å². The summed E-state index contributed by atoms with van der Waals surface area (Å²) in [6.07, 6.45) is -3.01. The van der Waals surface area contributed by atoms with Gasteiger partial charge in [-0.3, -0.25) is 18.8 Å². The second kappa shape index (κ2) is 8.67. The molecule has 0 aliphatic carbocycles. The quantitative estimate of drug-likeness (QED) is 0.299. The Labute approximate surface area is 163 Å². The summed E-state index contributed by atoms with van der Waals surface area (Å²) in [4.78, 5) is 32.8. The number of anilines is 1. The third kappa shape index (κ3) is 4.70. The number of ether oxygens (including phenoxy) is 1. The molecule has 3 rings (SSSR count). The van der Waals surface area contributed by atoms with Gasteiger partial charge in [-0.25, -0.2) is 19.5 Å². The number of nitrogen functional groups attached to an aromatic ring is 1. The zero-order valence-electron chi connectivity index (χ0n) is 14.9. The number of nitrogens with zero attached hydrogens (tertiary/aromatic N) is 4. The number of aromatic nitrogens is 4. The molecule has 15 heteroatoms. The zero-order valence-corrected chi connectivity index (χ0v) is 15.8. The third-order valence-electron chi connectivity index (χ3n) is 4.16. The average Bonchev–Trinajstić information content (AvgIpc) is 3.21. The minimum absolute atomic E-state index is 0.0596. The van der Waals surface area contributed by atoms with Crippen molar-refractivity contribution in [2.45, 2.75) is 37.4 Å². The van der Waals surface area contributed by atoms with Gasteiger partial charge >= 0.3 is 13.8 Å². The number of hydrogen-bond donors (Lipinski definition) is 5. The first kappa shape index (κ1) is 21.5. The Hall–Kier alpha value is -2.19. The molecule has 1 aliphatic rings. The molecule has 6 N–H and O–H groups in total. The number of fused-ring (bicyclic) bond motifs is 1. The van der Waals surface area contributed by atoms with E-state index in [1.807, 2.05) is 0 Å². The largest absolute Gasteiger partial charge is 0.529 e. The highest BCUT2D eigenvalue weighted by atomic mass is 31.2. The predicted octanol–water partition coefficient (Wildman–Crippen LogP) is -1.54. The van der Waals surface area contributed by atoms with Crippen LogP contribution in [0.1, 0.15) is 19.1 Å². The van der Waals surface area contributed by atoms with Gasteiger partial charge in [-0.1, -0.05) is 0 Å². The summed E-state index contributed by atoms with van der Waals surface area (Å²) < 4.78 is 27.7. The van der Waals surface area contributed by atoms with Crippen LogP contribution >= 0.6 is 7.82 Å². The topological polar surface area (TPSA) is 212 Å². The second-order valence-corrected chi connectivity index (χ2v) is 7.56. The number of aliphatic hydroxyl groups excluding tert-OH is 3. The maximum atomic E-state index is 11.8. The monoisotopic (exact) mass is 433 g/mol. The first-order valence-corrected chi connectivity index (χ1v) is 9.98. The number of hydrogen-bond acceptors (Lipinski definition) is 12. The van der Waals surface area contributed by atoms with Crippen molar-refractivity contribution in [3.8, 4) is 0 Å². The fraction of sp³-hybridized carbons (Fsp3) is 0.571. The Morgan fingerprint density at radius 3 is 2.79 bits per heavy atom. The first-order chi connectivity index (χ1) is 13.7. The highest BCUT2D eigenvalue weighted by Gasteiger charge is 2.45. The summed E-state index contributed by atoms with van der Waals surface area (Å²) >= 11 is 0. The van der Waals surface area contributed by atoms with Crippen LogP contribution in [0.4, 0.5) is 5.82 Å². The molecule has 0 aromatic carbocycles. The molecule has 1 fully saturated rings. The van der Waals surface area contributed by atoms with Gasteiger partial charge in [-0.2, -0.15) is 0 Å². The summed E-state index contributed by atoms with van der Waals surface area (Å²) in [5, 5.41) is 29.1. The van der Waals surface area contributed by atoms with Crippen molar-refractivity contribution >= 4 is 30.8 Å². The molecule has 160 valence electrons. The Balaban J connectivity index is 1.66. The molecule has 29 heavy (non-hydrogen) atoms. The van der Waals surface area contributed by atoms with Crippen LogP contribution in [0, 0.1) is 0 Å². The molecule has 5 atom stereocenters. The molecule has 1 saturated heterocycles. The number of carbonyl (C=O) groups is 1. The molecule has 0 bridgehead atoms. The molecule has 0 spiro atoms. The normalized spacial score (nSPS) is 26.5. The maximum Gasteiger partial charge on any atom is 0.529 e. The smallest absolute Gasteiger partial charge is 0.396 e. The number of aliphatic hydroxyl groups is 3. The van der Waals surface area contributed by atoms with Gasteiger partial charge in [-0.05, 0) is 6.42 Å². The minimum atomic E-state index is -4.77. The third-order valence-corrected chi connectivity index (χ3v) is 5.07. The molecule has 3 heterocycles. The zero-order chi connectivity index (χ0) is 21.2. The SMILES string of the molecule is Nc1ncnc2c1ncn2[C@@H]1O[C@H](COP(=O)(O)OC(=O)CCCO)[C@@H](O)[C@H]1O. The van der Waals surface area contributed by atoms with Crippen molar-refractivity contribution in [2.24, 2.45) is 0 Å². The lowest BCUT2D eigenvalue weighted by Crippen LogP contribution is -2.33. The average molecular weight is 433 g/mol. The van der Waals surface area contributed by atoms with E-state index in [1.54, 1.807) is 0 Å². The summed E-state index contributed by atoms with van der Waals surface area (Å²) in [5.74, 6) is -0.913. The van der Waals surface area contributed by atoms with Gasteiger partial charge in [0.15, 0.2) is 17.7 Å². The number of phosphoric acid groups is 1. The van der Waals surface area contributed by atoms with E-state index in [2.05, 4.69) is 19.5 Å². The molecule has 0 amide bonds. The van der Waals surface area contributed by atoms with Crippen molar-refractivity contribution in [3.05, 3.63) is 12.7 Å². The number of rotatable bonds is 8. The summed E-state index contributed by atoms with van der Waals surface area (Å²) in [7, 11) is -4.77. The van der Waals surface area contributed by atoms with Crippen LogP contribution in [-0.2, 0) is 23.1 Å². The summed E-state index contributed by atoms with van der Waals surface area (Å²) in [5.41, 5.74) is 6.23. The van der Waals surface area contributed by atoms with Gasteiger partial charge < -0.3 is 30.3 Å². The molecular weight excluding hydrogens is 413 g/mol. The molecular formula is C14H20N5O9P. The molecule has 2 aromatic rings. The van der Waals surface area contributed by atoms with Crippen LogP contribution < -0.4 is 5.73 Å². The standard InChI is InChI=1S/C14H20N5O9P/c15-12-9-13(17-5-16-12)19(6-18-9)14-11(23)10(22)7(27-14)4-26-29(24,25)28-8(21)2-1-3-20/h5-7,10-11,14,20,22-23H,1-4H2,(H,24,25)(H2,15,16,17)/t7-,10-,11-,14-/m1/s1. The van der Waals surface area contributed by atoms with E-state index in [9.17, 15) is 24.5 Å². The van der Waals surface area contributed by atoms with Gasteiger partial charge in [0.25, 0.3) is 0 Å². The summed E-state index contributed by atoms with van der Waals surface area (Å²) in [6, 6.07) is 0. The van der Waals surface area contributed by atoms with Crippen molar-refractivity contribution in [3.63, 3.8) is 0 Å². The Kier molecular flexibility index (Phi) is 6.43. The first-order valence-electron chi connectivity index (χ1n) is 8.48. The van der Waals surface area contributed by atoms with E-state index in [0.717, 1.165) is 0 Å². The lowest BCUT2D eigenvalue weighted by atomic mass is 10.1. The molecule has 1 unspecified atom stereocenters. The predicted molar refractivity (Wildman–Crippen MR) is 93.8 cm³/mol. The summed E-state index contributed by atoms with van der Waals surface area (Å²) in [6.45, 7) is -0.938. The van der Waals surface area contributed by atoms with E-state index in [1.165, 1.54) is 17.2 Å². The molecule has 0 saturated carbocycles. The van der Waals surface area contributed by atoms with Gasteiger partial charge in [0.05, 0.1) is 12.9 Å². The molecule has 0 radical (unpaired) electrons. The lowest BCUT2D eigenvalue weighted by Gasteiger charge is -2.17. The Morgan fingerprint density at radius 2 is 2.07 bits per heavy atom. The lowest BCUT2D eigenvalue weighted by molar-refractivity contribution is -0.136. The molecule has 14 nitrogen and oxygen atoms in total. The van der Waals surface area contributed by atoms with Crippen molar-refractivity contribution in [1.29, 1.82) is 0 Å². The number of carbonyl (C=O) groups excluding carboxylic acids is 1. The van der Waals surface area contributed by atoms with E-state index in [-0.39, 0.29) is 36.4 Å². The van der Waals surface area contributed by atoms with Crippen LogP contribution in [0.3, 0.4) is 0 Å². The fourth-order valence-electron chi connectivity index (χ4n) is 2.74. The van der Waals surface area contributed by atoms with Gasteiger partial charge in [0, 0.05) is 13.0 Å². The van der Waals surface area contributed by atoms with Gasteiger partial charge in [0.1, 0.15) is 30.2 Å².